The minimum atomic E-state index is -0.288. The van der Waals surface area contributed by atoms with E-state index in [1.165, 1.54) is 37.7 Å². The van der Waals surface area contributed by atoms with E-state index >= 15 is 0 Å². The molecule has 0 spiro atoms. The number of halogens is 1. The highest BCUT2D eigenvalue weighted by Gasteiger charge is 2.19. The molecule has 35 heavy (non-hydrogen) atoms. The zero-order valence-corrected chi connectivity index (χ0v) is 20.2. The Hall–Kier alpha value is -3.46. The Labute approximate surface area is 204 Å². The molecule has 186 valence electrons. The number of ether oxygens (including phenoxy) is 2. The number of fused-ring (bicyclic) bond motifs is 1. The van der Waals surface area contributed by atoms with E-state index in [0.29, 0.717) is 29.5 Å². The van der Waals surface area contributed by atoms with E-state index in [2.05, 4.69) is 25.9 Å². The lowest BCUT2D eigenvalue weighted by atomic mass is 9.98. The monoisotopic (exact) mass is 481 g/mol. The molecule has 1 aliphatic heterocycles. The molecule has 3 N–H and O–H groups in total. The fraction of sp³-hybridized carbons (Fsp3) is 0.423. The molecule has 1 saturated carbocycles. The molecule has 0 atom stereocenters. The van der Waals surface area contributed by atoms with Gasteiger partial charge in [-0.2, -0.15) is 0 Å². The summed E-state index contributed by atoms with van der Waals surface area (Å²) >= 11 is 0. The Morgan fingerprint density at radius 2 is 1.86 bits per heavy atom. The van der Waals surface area contributed by atoms with E-state index in [4.69, 9.17) is 9.47 Å². The average molecular weight is 482 g/mol. The molecular weight excluding hydrogens is 449 g/mol. The predicted octanol–water partition coefficient (Wildman–Crippen LogP) is 4.25. The second-order valence-corrected chi connectivity index (χ2v) is 8.79. The lowest BCUT2D eigenvalue weighted by molar-refractivity contribution is -0.121. The van der Waals surface area contributed by atoms with Gasteiger partial charge >= 0.3 is 0 Å². The fourth-order valence-corrected chi connectivity index (χ4v) is 4.28. The molecule has 0 bridgehead atoms. The van der Waals surface area contributed by atoms with Crippen LogP contribution < -0.4 is 25.4 Å². The van der Waals surface area contributed by atoms with Crippen molar-refractivity contribution < 1.29 is 18.7 Å². The Morgan fingerprint density at radius 1 is 1.03 bits per heavy atom. The minimum Gasteiger partial charge on any atom is -0.493 e. The van der Waals surface area contributed by atoms with Gasteiger partial charge in [0.05, 0.1) is 25.3 Å². The molecule has 5 rings (SSSR count). The molecule has 1 saturated heterocycles. The molecule has 2 fully saturated rings. The van der Waals surface area contributed by atoms with Gasteiger partial charge in [-0.3, -0.25) is 4.79 Å². The standard InChI is InChI=1S/C22H24FN3O2.C4H8N2O/c1-14-8-15(23)10-16(9-14)26-22-18-11-21(28-17-6-4-3-5-7-17)20(27-2)12-19(18)24-13-25-22;7-4-3-5-1-2-6-4/h8-13,17H,3-7H2,1-2H3,(H,24,25,26);5H,1-3H2,(H,6,7). The maximum atomic E-state index is 13.8. The highest BCUT2D eigenvalue weighted by molar-refractivity contribution is 5.93. The number of benzene rings is 2. The van der Waals surface area contributed by atoms with Crippen molar-refractivity contribution in [2.45, 2.75) is 45.1 Å². The first-order valence-corrected chi connectivity index (χ1v) is 12.0. The molecule has 1 amide bonds. The van der Waals surface area contributed by atoms with Crippen molar-refractivity contribution in [2.75, 3.05) is 32.1 Å². The summed E-state index contributed by atoms with van der Waals surface area (Å²) in [4.78, 5) is 19.0. The van der Waals surface area contributed by atoms with Crippen molar-refractivity contribution >= 4 is 28.3 Å². The summed E-state index contributed by atoms with van der Waals surface area (Å²) in [6.45, 7) is 4.03. The summed E-state index contributed by atoms with van der Waals surface area (Å²) in [7, 11) is 1.63. The van der Waals surface area contributed by atoms with Gasteiger partial charge in [0.15, 0.2) is 11.5 Å². The van der Waals surface area contributed by atoms with E-state index in [0.717, 1.165) is 42.4 Å². The quantitative estimate of drug-likeness (QED) is 0.501. The molecule has 2 aromatic carbocycles. The van der Waals surface area contributed by atoms with Crippen LogP contribution in [0.15, 0.2) is 36.7 Å². The zero-order valence-electron chi connectivity index (χ0n) is 20.2. The molecule has 1 aromatic heterocycles. The van der Waals surface area contributed by atoms with Gasteiger partial charge in [-0.15, -0.1) is 0 Å². The van der Waals surface area contributed by atoms with Crippen LogP contribution in [0.2, 0.25) is 0 Å². The van der Waals surface area contributed by atoms with Crippen LogP contribution in [0.1, 0.15) is 37.7 Å². The molecule has 9 heteroatoms. The fourth-order valence-electron chi connectivity index (χ4n) is 4.28. The highest BCUT2D eigenvalue weighted by Crippen LogP contribution is 2.36. The number of nitrogens with zero attached hydrogens (tertiary/aromatic N) is 2. The first-order chi connectivity index (χ1) is 17.0. The molecule has 3 aromatic rings. The van der Waals surface area contributed by atoms with Gasteiger partial charge in [-0.25, -0.2) is 14.4 Å². The summed E-state index contributed by atoms with van der Waals surface area (Å²) < 4.78 is 25.5. The number of hydrogen-bond acceptors (Lipinski definition) is 7. The minimum absolute atomic E-state index is 0.103. The van der Waals surface area contributed by atoms with Crippen LogP contribution in [0, 0.1) is 12.7 Å². The van der Waals surface area contributed by atoms with Crippen LogP contribution >= 0.6 is 0 Å². The van der Waals surface area contributed by atoms with Crippen LogP contribution in [0.25, 0.3) is 10.9 Å². The number of carbonyl (C=O) groups is 1. The normalized spacial score (nSPS) is 16.1. The Balaban J connectivity index is 0.000000356. The van der Waals surface area contributed by atoms with Gasteiger partial charge in [-0.1, -0.05) is 6.42 Å². The molecule has 0 radical (unpaired) electrons. The number of rotatable bonds is 5. The second kappa shape index (κ2) is 11.8. The van der Waals surface area contributed by atoms with Gasteiger partial charge in [0.2, 0.25) is 5.91 Å². The second-order valence-electron chi connectivity index (χ2n) is 8.79. The molecule has 2 heterocycles. The van der Waals surface area contributed by atoms with Gasteiger partial charge in [0, 0.05) is 30.2 Å². The lowest BCUT2D eigenvalue weighted by Crippen LogP contribution is -2.44. The lowest BCUT2D eigenvalue weighted by Gasteiger charge is -2.24. The van der Waals surface area contributed by atoms with Gasteiger partial charge in [0.1, 0.15) is 18.0 Å². The summed E-state index contributed by atoms with van der Waals surface area (Å²) in [6.07, 6.45) is 7.44. The van der Waals surface area contributed by atoms with Gasteiger partial charge < -0.3 is 25.4 Å². The summed E-state index contributed by atoms with van der Waals surface area (Å²) in [5.41, 5.74) is 2.21. The Kier molecular flexibility index (Phi) is 8.31. The first kappa shape index (κ1) is 24.7. The van der Waals surface area contributed by atoms with Gasteiger partial charge in [0.25, 0.3) is 0 Å². The Bertz CT molecular complexity index is 1140. The molecule has 8 nitrogen and oxygen atoms in total. The molecule has 0 unspecified atom stereocenters. The van der Waals surface area contributed by atoms with Crippen LogP contribution in [0.4, 0.5) is 15.9 Å². The van der Waals surface area contributed by atoms with Crippen LogP contribution in [0.3, 0.4) is 0 Å². The van der Waals surface area contributed by atoms with Crippen molar-refractivity contribution in [3.63, 3.8) is 0 Å². The topological polar surface area (TPSA) is 97.4 Å². The van der Waals surface area contributed by atoms with E-state index in [9.17, 15) is 9.18 Å². The number of anilines is 2. The predicted molar refractivity (Wildman–Crippen MR) is 134 cm³/mol. The smallest absolute Gasteiger partial charge is 0.234 e. The van der Waals surface area contributed by atoms with Crippen molar-refractivity contribution in [1.29, 1.82) is 0 Å². The third-order valence-corrected chi connectivity index (χ3v) is 5.98. The van der Waals surface area contributed by atoms with E-state index in [1.807, 2.05) is 25.1 Å². The van der Waals surface area contributed by atoms with Gasteiger partial charge in [-0.05, 0) is 62.4 Å². The summed E-state index contributed by atoms with van der Waals surface area (Å²) in [5, 5.41) is 9.61. The average Bonchev–Trinajstić information content (AvgIpc) is 2.85. The third kappa shape index (κ3) is 6.79. The van der Waals surface area contributed by atoms with Crippen molar-refractivity contribution in [3.8, 4) is 11.5 Å². The largest absolute Gasteiger partial charge is 0.493 e. The Morgan fingerprint density at radius 3 is 2.51 bits per heavy atom. The number of carbonyl (C=O) groups excluding carboxylic acids is 1. The van der Waals surface area contributed by atoms with E-state index < -0.39 is 0 Å². The number of hydrogen-bond donors (Lipinski definition) is 3. The number of nitrogens with one attached hydrogen (secondary N) is 3. The van der Waals surface area contributed by atoms with Crippen molar-refractivity contribution in [3.05, 3.63) is 48.0 Å². The van der Waals surface area contributed by atoms with Crippen LogP contribution in [0.5, 0.6) is 11.5 Å². The highest BCUT2D eigenvalue weighted by atomic mass is 19.1. The summed E-state index contributed by atoms with van der Waals surface area (Å²) in [6, 6.07) is 8.59. The van der Waals surface area contributed by atoms with Crippen molar-refractivity contribution in [2.24, 2.45) is 0 Å². The maximum Gasteiger partial charge on any atom is 0.234 e. The van der Waals surface area contributed by atoms with Crippen LogP contribution in [-0.2, 0) is 4.79 Å². The number of methoxy groups -OCH3 is 1. The zero-order chi connectivity index (χ0) is 24.6. The molecular formula is C26H32FN5O3. The number of amides is 1. The number of aryl methyl sites for hydroxylation is 1. The SMILES string of the molecule is COc1cc2ncnc(Nc3cc(C)cc(F)c3)c2cc1OC1CCCCC1.O=C1CNCCN1. The summed E-state index contributed by atoms with van der Waals surface area (Å²) in [5.74, 6) is 1.76. The molecule has 1 aliphatic carbocycles. The van der Waals surface area contributed by atoms with E-state index in [1.54, 1.807) is 7.11 Å². The third-order valence-electron chi connectivity index (χ3n) is 5.98. The van der Waals surface area contributed by atoms with Crippen LogP contribution in [-0.4, -0.2) is 48.7 Å². The number of aromatic nitrogens is 2. The van der Waals surface area contributed by atoms with E-state index in [-0.39, 0.29) is 17.8 Å². The first-order valence-electron chi connectivity index (χ1n) is 12.0. The molecule has 2 aliphatic rings. The van der Waals surface area contributed by atoms with Crippen molar-refractivity contribution in [1.82, 2.24) is 20.6 Å². The number of piperazine rings is 1. The maximum absolute atomic E-state index is 13.8.